The highest BCUT2D eigenvalue weighted by molar-refractivity contribution is 7.99. The summed E-state index contributed by atoms with van der Waals surface area (Å²) < 4.78 is 12.6. The number of benzene rings is 2. The Balaban J connectivity index is 1.67. The molecule has 1 amide bonds. The van der Waals surface area contributed by atoms with Crippen molar-refractivity contribution >= 4 is 17.7 Å². The van der Waals surface area contributed by atoms with Gasteiger partial charge in [-0.05, 0) is 43.2 Å². The summed E-state index contributed by atoms with van der Waals surface area (Å²) >= 11 is 1.35. The van der Waals surface area contributed by atoms with Crippen molar-refractivity contribution in [2.75, 3.05) is 20.0 Å². The van der Waals surface area contributed by atoms with Gasteiger partial charge in [-0.2, -0.15) is 0 Å². The summed E-state index contributed by atoms with van der Waals surface area (Å²) in [4.78, 5) is 12.6. The number of hydrogen-bond donors (Lipinski definition) is 1. The van der Waals surface area contributed by atoms with E-state index in [9.17, 15) is 4.79 Å². The molecule has 1 N–H and O–H groups in total. The molecular weight excluding hydrogens is 400 g/mol. The number of ether oxygens (including phenoxy) is 2. The van der Waals surface area contributed by atoms with E-state index in [4.69, 9.17) is 9.47 Å². The van der Waals surface area contributed by atoms with Gasteiger partial charge >= 0.3 is 0 Å². The highest BCUT2D eigenvalue weighted by Crippen LogP contribution is 2.29. The van der Waals surface area contributed by atoms with Crippen LogP contribution < -0.4 is 14.8 Å². The average molecular weight is 427 g/mol. The van der Waals surface area contributed by atoms with Crippen LogP contribution in [0.25, 0.3) is 5.69 Å². The molecule has 3 aromatic rings. The molecule has 1 atom stereocenters. The number of rotatable bonds is 9. The Morgan fingerprint density at radius 2 is 2.00 bits per heavy atom. The van der Waals surface area contributed by atoms with Crippen molar-refractivity contribution in [2.45, 2.75) is 31.5 Å². The quantitative estimate of drug-likeness (QED) is 0.524. The van der Waals surface area contributed by atoms with Gasteiger partial charge in [0.15, 0.2) is 5.16 Å². The first-order chi connectivity index (χ1) is 14.6. The van der Waals surface area contributed by atoms with Crippen LogP contribution in [0.15, 0.2) is 53.9 Å². The van der Waals surface area contributed by atoms with Crippen LogP contribution in [0.2, 0.25) is 0 Å². The number of carbonyl (C=O) groups is 1. The van der Waals surface area contributed by atoms with Crippen LogP contribution in [0.5, 0.6) is 11.5 Å². The number of carbonyl (C=O) groups excluding carboxylic acids is 1. The molecule has 2 aromatic carbocycles. The first-order valence-corrected chi connectivity index (χ1v) is 10.7. The van der Waals surface area contributed by atoms with Gasteiger partial charge in [-0.3, -0.25) is 9.36 Å². The van der Waals surface area contributed by atoms with Gasteiger partial charge in [0.2, 0.25) is 5.91 Å². The normalized spacial score (nSPS) is 11.7. The number of nitrogens with one attached hydrogen (secondary N) is 1. The summed E-state index contributed by atoms with van der Waals surface area (Å²) in [5.74, 6) is 1.54. The highest BCUT2D eigenvalue weighted by Gasteiger charge is 2.17. The van der Waals surface area contributed by atoms with Gasteiger partial charge in [0.25, 0.3) is 0 Å². The number of methoxy groups -OCH3 is 2. The van der Waals surface area contributed by atoms with Crippen LogP contribution in [0.4, 0.5) is 0 Å². The fraction of sp³-hybridized carbons (Fsp3) is 0.318. The Morgan fingerprint density at radius 1 is 1.20 bits per heavy atom. The van der Waals surface area contributed by atoms with E-state index in [1.807, 2.05) is 47.9 Å². The number of aryl methyl sites for hydroxylation is 1. The van der Waals surface area contributed by atoms with Crippen LogP contribution in [-0.2, 0) is 11.2 Å². The van der Waals surface area contributed by atoms with Crippen molar-refractivity contribution in [3.05, 3.63) is 59.9 Å². The molecule has 0 aliphatic carbocycles. The monoisotopic (exact) mass is 426 g/mol. The van der Waals surface area contributed by atoms with Gasteiger partial charge in [-0.25, -0.2) is 0 Å². The maximum atomic E-state index is 12.6. The predicted octanol–water partition coefficient (Wildman–Crippen LogP) is 3.82. The lowest BCUT2D eigenvalue weighted by molar-refractivity contribution is -0.119. The molecule has 1 heterocycles. The molecule has 158 valence electrons. The van der Waals surface area contributed by atoms with E-state index in [2.05, 4.69) is 28.5 Å². The minimum atomic E-state index is -0.234. The van der Waals surface area contributed by atoms with Gasteiger partial charge in [-0.1, -0.05) is 36.9 Å². The molecule has 0 bridgehead atoms. The Morgan fingerprint density at radius 3 is 2.73 bits per heavy atom. The summed E-state index contributed by atoms with van der Waals surface area (Å²) in [6.07, 6.45) is 2.58. The molecule has 1 unspecified atom stereocenters. The van der Waals surface area contributed by atoms with Crippen molar-refractivity contribution < 1.29 is 14.3 Å². The Hall–Kier alpha value is -3.00. The number of thioether (sulfide) groups is 1. The highest BCUT2D eigenvalue weighted by atomic mass is 32.2. The number of nitrogens with zero attached hydrogens (tertiary/aromatic N) is 3. The minimum absolute atomic E-state index is 0.101. The largest absolute Gasteiger partial charge is 0.497 e. The second kappa shape index (κ2) is 10.2. The summed E-state index contributed by atoms with van der Waals surface area (Å²) in [5.41, 5.74) is 3.08. The molecule has 7 nitrogen and oxygen atoms in total. The molecule has 8 heteroatoms. The number of hydrogen-bond acceptors (Lipinski definition) is 6. The third kappa shape index (κ3) is 4.94. The Labute approximate surface area is 180 Å². The molecule has 0 aliphatic heterocycles. The van der Waals surface area contributed by atoms with Gasteiger partial charge in [0.1, 0.15) is 17.8 Å². The zero-order chi connectivity index (χ0) is 21.5. The topological polar surface area (TPSA) is 78.3 Å². The van der Waals surface area contributed by atoms with Crippen LogP contribution >= 0.6 is 11.8 Å². The first kappa shape index (κ1) is 21.7. The molecule has 0 saturated heterocycles. The molecular formula is C22H26N4O3S. The molecule has 0 radical (unpaired) electrons. The number of aromatic nitrogens is 3. The average Bonchev–Trinajstić information content (AvgIpc) is 3.25. The van der Waals surface area contributed by atoms with Crippen molar-refractivity contribution in [2.24, 2.45) is 0 Å². The van der Waals surface area contributed by atoms with Gasteiger partial charge < -0.3 is 14.8 Å². The second-order valence-electron chi connectivity index (χ2n) is 6.65. The lowest BCUT2D eigenvalue weighted by atomic mass is 10.1. The standard InChI is InChI=1S/C22H26N4O3S/c1-5-16-8-6-7-9-19(16)26-14-23-25-22(26)30-13-21(27)24-15(2)18-12-17(28-3)10-11-20(18)29-4/h6-12,14-15H,5,13H2,1-4H3,(H,24,27). The molecule has 3 rings (SSSR count). The van der Waals surface area contributed by atoms with Crippen molar-refractivity contribution in [3.63, 3.8) is 0 Å². The van der Waals surface area contributed by atoms with Crippen molar-refractivity contribution in [3.8, 4) is 17.2 Å². The molecule has 0 saturated carbocycles. The van der Waals surface area contributed by atoms with Crippen LogP contribution in [0, 0.1) is 0 Å². The van der Waals surface area contributed by atoms with Gasteiger partial charge in [0.05, 0.1) is 31.7 Å². The van der Waals surface area contributed by atoms with Crippen molar-refractivity contribution in [1.29, 1.82) is 0 Å². The lowest BCUT2D eigenvalue weighted by Crippen LogP contribution is -2.28. The zero-order valence-electron chi connectivity index (χ0n) is 17.6. The van der Waals surface area contributed by atoms with Gasteiger partial charge in [-0.15, -0.1) is 10.2 Å². The fourth-order valence-corrected chi connectivity index (χ4v) is 3.93. The second-order valence-corrected chi connectivity index (χ2v) is 7.59. The first-order valence-electron chi connectivity index (χ1n) is 9.69. The van der Waals surface area contributed by atoms with Crippen LogP contribution in [0.3, 0.4) is 0 Å². The Kier molecular flexibility index (Phi) is 7.35. The molecule has 30 heavy (non-hydrogen) atoms. The third-order valence-electron chi connectivity index (χ3n) is 4.76. The van der Waals surface area contributed by atoms with E-state index >= 15 is 0 Å². The smallest absolute Gasteiger partial charge is 0.230 e. The summed E-state index contributed by atoms with van der Waals surface area (Å²) in [5, 5.41) is 11.9. The zero-order valence-corrected chi connectivity index (χ0v) is 18.4. The van der Waals surface area contributed by atoms with Gasteiger partial charge in [0, 0.05) is 5.56 Å². The van der Waals surface area contributed by atoms with Crippen LogP contribution in [0.1, 0.15) is 31.0 Å². The maximum absolute atomic E-state index is 12.6. The summed E-state index contributed by atoms with van der Waals surface area (Å²) in [7, 11) is 3.22. The van der Waals surface area contributed by atoms with Crippen molar-refractivity contribution in [1.82, 2.24) is 20.1 Å². The van der Waals surface area contributed by atoms with E-state index in [1.165, 1.54) is 17.3 Å². The van der Waals surface area contributed by atoms with E-state index in [1.54, 1.807) is 20.5 Å². The molecule has 0 aliphatic rings. The lowest BCUT2D eigenvalue weighted by Gasteiger charge is -2.18. The molecule has 1 aromatic heterocycles. The number of para-hydroxylation sites is 1. The van der Waals surface area contributed by atoms with E-state index in [0.717, 1.165) is 17.7 Å². The molecule has 0 fully saturated rings. The summed E-state index contributed by atoms with van der Waals surface area (Å²) in [6, 6.07) is 13.4. The SMILES string of the molecule is CCc1ccccc1-n1cnnc1SCC(=O)NC(C)c1cc(OC)ccc1OC. The van der Waals surface area contributed by atoms with E-state index in [0.29, 0.717) is 16.7 Å². The van der Waals surface area contributed by atoms with E-state index in [-0.39, 0.29) is 17.7 Å². The number of amides is 1. The predicted molar refractivity (Wildman–Crippen MR) is 118 cm³/mol. The van der Waals surface area contributed by atoms with Crippen LogP contribution in [-0.4, -0.2) is 40.6 Å². The fourth-order valence-electron chi connectivity index (χ4n) is 3.20. The third-order valence-corrected chi connectivity index (χ3v) is 5.70. The summed E-state index contributed by atoms with van der Waals surface area (Å²) in [6.45, 7) is 4.03. The minimum Gasteiger partial charge on any atom is -0.497 e. The maximum Gasteiger partial charge on any atom is 0.230 e. The molecule has 0 spiro atoms. The van der Waals surface area contributed by atoms with E-state index < -0.39 is 0 Å². The Bertz CT molecular complexity index is 1010.